The van der Waals surface area contributed by atoms with Crippen molar-refractivity contribution in [2.75, 3.05) is 6.61 Å². The molecule has 0 aliphatic carbocycles. The molecule has 0 N–H and O–H groups in total. The summed E-state index contributed by atoms with van der Waals surface area (Å²) in [5.41, 5.74) is 2.40. The van der Waals surface area contributed by atoms with E-state index in [9.17, 15) is 9.59 Å². The van der Waals surface area contributed by atoms with Crippen LogP contribution in [0.1, 0.15) is 31.0 Å². The van der Waals surface area contributed by atoms with Crippen LogP contribution in [0.25, 0.3) is 6.08 Å². The Hall–Kier alpha value is -2.23. The molecule has 0 amide bonds. The highest BCUT2D eigenvalue weighted by Crippen LogP contribution is 2.31. The summed E-state index contributed by atoms with van der Waals surface area (Å²) in [6.45, 7) is 3.76. The molecule has 1 aliphatic rings. The summed E-state index contributed by atoms with van der Waals surface area (Å²) in [6.07, 6.45) is 1.86. The summed E-state index contributed by atoms with van der Waals surface area (Å²) in [6, 6.07) is 14.4. The van der Waals surface area contributed by atoms with Gasteiger partial charge in [0.1, 0.15) is 0 Å². The standard InChI is InChI=1S/C23H18ClIN2O3S/c1-3-30-22(29)19-13(2)26-23-27(20(19)15-7-9-16(24)10-8-15)21(28)18(31-23)12-14-5-4-6-17(25)11-14/h4-12,20H,3H2,1-2H3/b18-12+/t20-/m1/s1. The van der Waals surface area contributed by atoms with Gasteiger partial charge in [0, 0.05) is 8.59 Å². The second-order valence-electron chi connectivity index (χ2n) is 6.91. The van der Waals surface area contributed by atoms with E-state index in [1.807, 2.05) is 42.5 Å². The molecule has 1 aromatic heterocycles. The number of nitrogens with zero attached hydrogens (tertiary/aromatic N) is 2. The number of allylic oxidation sites excluding steroid dienone is 1. The van der Waals surface area contributed by atoms with E-state index < -0.39 is 12.0 Å². The van der Waals surface area contributed by atoms with Crippen LogP contribution in [0.2, 0.25) is 5.02 Å². The molecule has 0 radical (unpaired) electrons. The number of thiazole rings is 1. The number of hydrogen-bond acceptors (Lipinski definition) is 5. The van der Waals surface area contributed by atoms with Gasteiger partial charge in [0.25, 0.3) is 5.56 Å². The number of benzene rings is 2. The predicted octanol–water partition coefficient (Wildman–Crippen LogP) is 4.06. The van der Waals surface area contributed by atoms with Crippen molar-refractivity contribution in [2.45, 2.75) is 19.9 Å². The van der Waals surface area contributed by atoms with Crippen molar-refractivity contribution in [3.63, 3.8) is 0 Å². The van der Waals surface area contributed by atoms with E-state index in [0.717, 1.165) is 14.7 Å². The summed E-state index contributed by atoms with van der Waals surface area (Å²) >= 11 is 9.62. The number of esters is 1. The van der Waals surface area contributed by atoms with Crippen LogP contribution in [0.4, 0.5) is 0 Å². The summed E-state index contributed by atoms with van der Waals surface area (Å²) in [5.74, 6) is -0.476. The van der Waals surface area contributed by atoms with Crippen molar-refractivity contribution < 1.29 is 9.53 Å². The Morgan fingerprint density at radius 1 is 1.29 bits per heavy atom. The highest BCUT2D eigenvalue weighted by molar-refractivity contribution is 14.1. The highest BCUT2D eigenvalue weighted by atomic mass is 127. The van der Waals surface area contributed by atoms with E-state index in [1.54, 1.807) is 30.5 Å². The Morgan fingerprint density at radius 3 is 2.71 bits per heavy atom. The van der Waals surface area contributed by atoms with Crippen molar-refractivity contribution in [2.24, 2.45) is 4.99 Å². The number of rotatable bonds is 4. The average molecular weight is 565 g/mol. The first kappa shape index (κ1) is 22.0. The van der Waals surface area contributed by atoms with Gasteiger partial charge in [0.15, 0.2) is 4.80 Å². The van der Waals surface area contributed by atoms with Crippen molar-refractivity contribution in [3.8, 4) is 0 Å². The number of hydrogen-bond donors (Lipinski definition) is 0. The molecule has 0 saturated heterocycles. The van der Waals surface area contributed by atoms with Crippen LogP contribution in [-0.4, -0.2) is 17.1 Å². The number of fused-ring (bicyclic) bond motifs is 1. The third-order valence-electron chi connectivity index (χ3n) is 4.85. The van der Waals surface area contributed by atoms with E-state index in [4.69, 9.17) is 16.3 Å². The van der Waals surface area contributed by atoms with Crippen LogP contribution in [-0.2, 0) is 9.53 Å². The largest absolute Gasteiger partial charge is 0.463 e. The minimum absolute atomic E-state index is 0.197. The molecular weight excluding hydrogens is 547 g/mol. The lowest BCUT2D eigenvalue weighted by molar-refractivity contribution is -0.139. The third kappa shape index (κ3) is 4.40. The van der Waals surface area contributed by atoms with E-state index in [0.29, 0.717) is 25.6 Å². The molecule has 0 saturated carbocycles. The molecule has 2 heterocycles. The second kappa shape index (κ2) is 9.10. The minimum atomic E-state index is -0.634. The van der Waals surface area contributed by atoms with Gasteiger partial charge >= 0.3 is 5.97 Å². The molecule has 0 fully saturated rings. The lowest BCUT2D eigenvalue weighted by Gasteiger charge is -2.24. The summed E-state index contributed by atoms with van der Waals surface area (Å²) < 4.78 is 8.51. The maximum atomic E-state index is 13.5. The van der Waals surface area contributed by atoms with Crippen molar-refractivity contribution in [1.82, 2.24) is 4.57 Å². The monoisotopic (exact) mass is 564 g/mol. The number of aromatic nitrogens is 1. The van der Waals surface area contributed by atoms with Gasteiger partial charge in [0.2, 0.25) is 0 Å². The molecule has 158 valence electrons. The lowest BCUT2D eigenvalue weighted by atomic mass is 9.96. The van der Waals surface area contributed by atoms with Crippen LogP contribution in [0.3, 0.4) is 0 Å². The van der Waals surface area contributed by atoms with Gasteiger partial charge in [-0.2, -0.15) is 0 Å². The zero-order chi connectivity index (χ0) is 22.1. The van der Waals surface area contributed by atoms with Crippen LogP contribution < -0.4 is 14.9 Å². The van der Waals surface area contributed by atoms with Crippen LogP contribution in [0.5, 0.6) is 0 Å². The van der Waals surface area contributed by atoms with E-state index >= 15 is 0 Å². The molecule has 5 nitrogen and oxygen atoms in total. The number of carbonyl (C=O) groups is 1. The maximum Gasteiger partial charge on any atom is 0.338 e. The Labute approximate surface area is 201 Å². The van der Waals surface area contributed by atoms with Crippen LogP contribution in [0.15, 0.2) is 69.6 Å². The zero-order valence-corrected chi connectivity index (χ0v) is 20.5. The van der Waals surface area contributed by atoms with Crippen LogP contribution in [0, 0.1) is 3.57 Å². The molecule has 3 aromatic rings. The predicted molar refractivity (Wildman–Crippen MR) is 131 cm³/mol. The van der Waals surface area contributed by atoms with E-state index in [1.165, 1.54) is 11.3 Å². The van der Waals surface area contributed by atoms with Gasteiger partial charge in [0.05, 0.1) is 28.5 Å². The molecule has 0 unspecified atom stereocenters. The fraction of sp³-hybridized carbons (Fsp3) is 0.174. The number of carbonyl (C=O) groups excluding carboxylic acids is 1. The Kier molecular flexibility index (Phi) is 6.45. The van der Waals surface area contributed by atoms with Crippen molar-refractivity contribution in [1.29, 1.82) is 0 Å². The van der Waals surface area contributed by atoms with Crippen molar-refractivity contribution >= 4 is 57.6 Å². The lowest BCUT2D eigenvalue weighted by Crippen LogP contribution is -2.39. The van der Waals surface area contributed by atoms with Gasteiger partial charge in [-0.3, -0.25) is 9.36 Å². The van der Waals surface area contributed by atoms with Crippen molar-refractivity contribution in [3.05, 3.63) is 99.2 Å². The Balaban J connectivity index is 1.96. The normalized spacial score (nSPS) is 16.1. The molecule has 4 rings (SSSR count). The molecule has 8 heteroatoms. The zero-order valence-electron chi connectivity index (χ0n) is 16.8. The van der Waals surface area contributed by atoms with Gasteiger partial charge < -0.3 is 4.74 Å². The Bertz CT molecular complexity index is 1370. The van der Waals surface area contributed by atoms with Gasteiger partial charge in [-0.05, 0) is 77.9 Å². The number of ether oxygens (including phenoxy) is 1. The topological polar surface area (TPSA) is 60.7 Å². The van der Waals surface area contributed by atoms with E-state index in [-0.39, 0.29) is 12.2 Å². The smallest absolute Gasteiger partial charge is 0.338 e. The fourth-order valence-corrected chi connectivity index (χ4v) is 5.24. The molecule has 0 bridgehead atoms. The molecule has 0 spiro atoms. The summed E-state index contributed by atoms with van der Waals surface area (Å²) in [7, 11) is 0. The quantitative estimate of drug-likeness (QED) is 0.355. The fourth-order valence-electron chi connectivity index (χ4n) is 3.50. The molecule has 1 atom stereocenters. The second-order valence-corrected chi connectivity index (χ2v) is 9.60. The average Bonchev–Trinajstić information content (AvgIpc) is 3.02. The molecular formula is C23H18ClIN2O3S. The highest BCUT2D eigenvalue weighted by Gasteiger charge is 2.33. The summed E-state index contributed by atoms with van der Waals surface area (Å²) in [5, 5.41) is 0.577. The third-order valence-corrected chi connectivity index (χ3v) is 6.76. The molecule has 1 aliphatic heterocycles. The molecule has 31 heavy (non-hydrogen) atoms. The molecule has 2 aromatic carbocycles. The Morgan fingerprint density at radius 2 is 2.03 bits per heavy atom. The minimum Gasteiger partial charge on any atom is -0.463 e. The first-order valence-corrected chi connectivity index (χ1v) is 11.9. The number of halogens is 2. The summed E-state index contributed by atoms with van der Waals surface area (Å²) in [4.78, 5) is 31.4. The first-order chi connectivity index (χ1) is 14.9. The van der Waals surface area contributed by atoms with Crippen LogP contribution >= 0.6 is 45.5 Å². The SMILES string of the molecule is CCOC(=O)C1=C(C)N=c2s/c(=C/c3cccc(I)c3)c(=O)n2[C@@H]1c1ccc(Cl)cc1. The van der Waals surface area contributed by atoms with Gasteiger partial charge in [-0.1, -0.05) is 47.2 Å². The van der Waals surface area contributed by atoms with Gasteiger partial charge in [-0.25, -0.2) is 9.79 Å². The maximum absolute atomic E-state index is 13.5. The van der Waals surface area contributed by atoms with E-state index in [2.05, 4.69) is 27.6 Å². The first-order valence-electron chi connectivity index (χ1n) is 9.59. The van der Waals surface area contributed by atoms with Gasteiger partial charge in [-0.15, -0.1) is 0 Å².